The third-order valence-electron chi connectivity index (χ3n) is 15.9. The standard InChI is InChI=1S/C68H55N3OSi/c1-67(2,3)44-31-35-59-53(39-44)54-40-45(68(4,5)6)32-36-60(54)71(59)48-34-38-62-56(43-48)55-42-47(70-57-25-12-10-23-51(57)52-24-11-13-26-58(52)70)33-37-61(55)69(62)46-19-18-22-50(41-46)73(49-20-8-7-9-21-49)65-29-16-14-27-63(65)72-64-28-15-17-30-66(64)73/h7-43H,1-6H3. The van der Waals surface area contributed by atoms with E-state index in [9.17, 15) is 0 Å². The largest absolute Gasteiger partial charge is 0.458 e. The summed E-state index contributed by atoms with van der Waals surface area (Å²) in [5, 5.41) is 12.6. The average Bonchev–Trinajstić information content (AvgIpc) is 4.05. The van der Waals surface area contributed by atoms with Crippen LogP contribution in [0.5, 0.6) is 11.5 Å². The Bertz CT molecular complexity index is 4210. The zero-order valence-corrected chi connectivity index (χ0v) is 43.1. The second-order valence-corrected chi connectivity index (χ2v) is 25.9. The number of fused-ring (bicyclic) bond motifs is 11. The zero-order chi connectivity index (χ0) is 49.4. The molecule has 0 amide bonds. The van der Waals surface area contributed by atoms with Gasteiger partial charge in [0.2, 0.25) is 0 Å². The molecule has 4 nitrogen and oxygen atoms in total. The molecule has 0 N–H and O–H groups in total. The lowest BCUT2D eigenvalue weighted by Gasteiger charge is -2.39. The smallest absolute Gasteiger partial charge is 0.188 e. The minimum atomic E-state index is -2.93. The van der Waals surface area contributed by atoms with E-state index in [0.717, 1.165) is 39.6 Å². The van der Waals surface area contributed by atoms with Gasteiger partial charge in [-0.25, -0.2) is 0 Å². The molecule has 73 heavy (non-hydrogen) atoms. The molecule has 0 spiro atoms. The highest BCUT2D eigenvalue weighted by atomic mass is 28.3. The quantitative estimate of drug-likeness (QED) is 0.158. The Balaban J connectivity index is 1.06. The van der Waals surface area contributed by atoms with Crippen LogP contribution in [-0.4, -0.2) is 21.8 Å². The highest BCUT2D eigenvalue weighted by Crippen LogP contribution is 2.42. The Kier molecular flexibility index (Phi) is 9.40. The first-order valence-corrected chi connectivity index (χ1v) is 27.7. The van der Waals surface area contributed by atoms with Crippen LogP contribution in [0, 0.1) is 0 Å². The molecule has 352 valence electrons. The number of benzene rings is 10. The third kappa shape index (κ3) is 6.44. The van der Waals surface area contributed by atoms with Gasteiger partial charge >= 0.3 is 0 Å². The van der Waals surface area contributed by atoms with Crippen LogP contribution >= 0.6 is 0 Å². The minimum Gasteiger partial charge on any atom is -0.458 e. The second-order valence-electron chi connectivity index (χ2n) is 22.2. The maximum atomic E-state index is 6.75. The Morgan fingerprint density at radius 3 is 1.18 bits per heavy atom. The van der Waals surface area contributed by atoms with Crippen LogP contribution < -0.4 is 25.5 Å². The molecule has 0 saturated carbocycles. The van der Waals surface area contributed by atoms with Crippen molar-refractivity contribution in [2.24, 2.45) is 0 Å². The number of hydrogen-bond donors (Lipinski definition) is 0. The van der Waals surface area contributed by atoms with Crippen LogP contribution in [0.1, 0.15) is 52.7 Å². The summed E-state index contributed by atoms with van der Waals surface area (Å²) in [4.78, 5) is 0. The topological polar surface area (TPSA) is 24.0 Å². The second kappa shape index (κ2) is 15.8. The molecule has 0 bridgehead atoms. The van der Waals surface area contributed by atoms with E-state index in [-0.39, 0.29) is 10.8 Å². The van der Waals surface area contributed by atoms with Gasteiger partial charge in [-0.15, -0.1) is 0 Å². The van der Waals surface area contributed by atoms with E-state index in [1.54, 1.807) is 0 Å². The molecule has 3 aromatic heterocycles. The molecular weight excluding hydrogens is 903 g/mol. The molecule has 0 saturated heterocycles. The summed E-state index contributed by atoms with van der Waals surface area (Å²) in [5.41, 5.74) is 13.2. The molecule has 0 unspecified atom stereocenters. The summed E-state index contributed by atoms with van der Waals surface area (Å²) in [5.74, 6) is 1.86. The van der Waals surface area contributed by atoms with E-state index in [0.29, 0.717) is 0 Å². The van der Waals surface area contributed by atoms with Crippen molar-refractivity contribution in [3.05, 3.63) is 236 Å². The summed E-state index contributed by atoms with van der Waals surface area (Å²) in [7, 11) is -2.93. The lowest BCUT2D eigenvalue weighted by atomic mass is 9.85. The third-order valence-corrected chi connectivity index (χ3v) is 20.7. The van der Waals surface area contributed by atoms with Gasteiger partial charge in [0.25, 0.3) is 0 Å². The monoisotopic (exact) mass is 957 g/mol. The summed E-state index contributed by atoms with van der Waals surface area (Å²) < 4.78 is 14.2. The first-order valence-electron chi connectivity index (χ1n) is 25.7. The number of nitrogens with zero attached hydrogens (tertiary/aromatic N) is 3. The fourth-order valence-electron chi connectivity index (χ4n) is 12.3. The van der Waals surface area contributed by atoms with E-state index < -0.39 is 8.07 Å². The molecule has 14 rings (SSSR count). The van der Waals surface area contributed by atoms with Gasteiger partial charge in [0.05, 0.1) is 33.1 Å². The normalized spacial score (nSPS) is 13.6. The first-order chi connectivity index (χ1) is 35.5. The van der Waals surface area contributed by atoms with Gasteiger partial charge in [-0.3, -0.25) is 0 Å². The van der Waals surface area contributed by atoms with E-state index in [1.165, 1.54) is 86.3 Å². The van der Waals surface area contributed by atoms with Crippen LogP contribution in [-0.2, 0) is 10.8 Å². The molecule has 13 aromatic rings. The average molecular weight is 958 g/mol. The Labute approximate surface area is 427 Å². The maximum absolute atomic E-state index is 6.75. The summed E-state index contributed by atoms with van der Waals surface area (Å²) in [6.45, 7) is 13.9. The zero-order valence-electron chi connectivity index (χ0n) is 42.1. The molecule has 0 fully saturated rings. The van der Waals surface area contributed by atoms with Crippen molar-refractivity contribution in [3.63, 3.8) is 0 Å². The lowest BCUT2D eigenvalue weighted by Crippen LogP contribution is -2.76. The van der Waals surface area contributed by atoms with Crippen molar-refractivity contribution in [1.29, 1.82) is 0 Å². The Hall–Kier alpha value is -8.38. The Morgan fingerprint density at radius 1 is 0.301 bits per heavy atom. The van der Waals surface area contributed by atoms with Crippen LogP contribution in [0.4, 0.5) is 0 Å². The number of ether oxygens (including phenoxy) is 1. The van der Waals surface area contributed by atoms with Gasteiger partial charge in [-0.2, -0.15) is 0 Å². The van der Waals surface area contributed by atoms with E-state index in [2.05, 4.69) is 280 Å². The summed E-state index contributed by atoms with van der Waals surface area (Å²) in [6, 6.07) is 84.2. The van der Waals surface area contributed by atoms with Gasteiger partial charge in [-0.1, -0.05) is 169 Å². The molecule has 0 radical (unpaired) electrons. The fourth-order valence-corrected chi connectivity index (χ4v) is 17.3. The highest BCUT2D eigenvalue weighted by molar-refractivity contribution is 7.20. The molecule has 1 aliphatic rings. The Morgan fingerprint density at radius 2 is 0.685 bits per heavy atom. The molecular formula is C68H55N3OSi. The van der Waals surface area contributed by atoms with Crippen molar-refractivity contribution in [2.75, 3.05) is 0 Å². The van der Waals surface area contributed by atoms with Gasteiger partial charge in [0.15, 0.2) is 8.07 Å². The van der Waals surface area contributed by atoms with Crippen LogP contribution in [0.3, 0.4) is 0 Å². The summed E-state index contributed by atoms with van der Waals surface area (Å²) in [6.07, 6.45) is 0. The predicted molar refractivity (Wildman–Crippen MR) is 311 cm³/mol. The van der Waals surface area contributed by atoms with E-state index in [4.69, 9.17) is 4.74 Å². The predicted octanol–water partition coefficient (Wildman–Crippen LogP) is 15.1. The first kappa shape index (κ1) is 43.4. The number of hydrogen-bond acceptors (Lipinski definition) is 1. The SMILES string of the molecule is CC(C)(C)c1ccc2c(c1)c1cc(C(C)(C)C)ccc1n2-c1ccc2c(c1)c1cc(-n3c4ccccc4c4ccccc43)ccc1n2-c1cccc([Si]2(c3ccccc3)c3ccccc3Oc3ccccc32)c1. The van der Waals surface area contributed by atoms with Gasteiger partial charge < -0.3 is 18.4 Å². The van der Waals surface area contributed by atoms with E-state index >= 15 is 0 Å². The van der Waals surface area contributed by atoms with Crippen LogP contribution in [0.2, 0.25) is 0 Å². The van der Waals surface area contributed by atoms with E-state index in [1.807, 2.05) is 0 Å². The van der Waals surface area contributed by atoms with Gasteiger partial charge in [0, 0.05) is 49.4 Å². The number of para-hydroxylation sites is 4. The van der Waals surface area contributed by atoms with Crippen LogP contribution in [0.25, 0.3) is 82.5 Å². The lowest BCUT2D eigenvalue weighted by molar-refractivity contribution is 0.487. The molecule has 5 heteroatoms. The molecule has 10 aromatic carbocycles. The molecule has 4 heterocycles. The molecule has 0 aliphatic carbocycles. The van der Waals surface area contributed by atoms with Gasteiger partial charge in [0.1, 0.15) is 11.5 Å². The van der Waals surface area contributed by atoms with Crippen molar-refractivity contribution < 1.29 is 4.74 Å². The number of aromatic nitrogens is 3. The van der Waals surface area contributed by atoms with Crippen molar-refractivity contribution in [1.82, 2.24) is 13.7 Å². The number of rotatable bonds is 5. The highest BCUT2D eigenvalue weighted by Gasteiger charge is 2.48. The maximum Gasteiger partial charge on any atom is 0.188 e. The summed E-state index contributed by atoms with van der Waals surface area (Å²) >= 11 is 0. The van der Waals surface area contributed by atoms with Crippen LogP contribution in [0.15, 0.2) is 224 Å². The van der Waals surface area contributed by atoms with Crippen molar-refractivity contribution in [2.45, 2.75) is 52.4 Å². The minimum absolute atomic E-state index is 0.0110. The molecule has 0 atom stereocenters. The van der Waals surface area contributed by atoms with Gasteiger partial charge in [-0.05, 0) is 140 Å². The fraction of sp³-hybridized carbons (Fsp3) is 0.118. The van der Waals surface area contributed by atoms with Crippen molar-refractivity contribution in [3.8, 4) is 28.6 Å². The molecule has 1 aliphatic heterocycles. The van der Waals surface area contributed by atoms with Crippen molar-refractivity contribution >= 4 is 94.2 Å².